The van der Waals surface area contributed by atoms with Crippen molar-refractivity contribution >= 4 is 21.8 Å². The Morgan fingerprint density at radius 1 is 0.947 bits per heavy atom. The van der Waals surface area contributed by atoms with Crippen LogP contribution in [0.4, 0.5) is 5.69 Å². The Labute approximate surface area is 113 Å². The van der Waals surface area contributed by atoms with Crippen molar-refractivity contribution in [3.05, 3.63) is 71.1 Å². The fourth-order valence-electron chi connectivity index (χ4n) is 1.61. The molecule has 4 heteroatoms. The van der Waals surface area contributed by atoms with E-state index in [1.54, 1.807) is 18.2 Å². The van der Waals surface area contributed by atoms with Gasteiger partial charge in [0, 0.05) is 0 Å². The molecule has 2 aromatic carbocycles. The second kappa shape index (κ2) is 5.71. The van der Waals surface area contributed by atoms with Gasteiger partial charge in [-0.05, 0) is 30.2 Å². The molecule has 1 N–H and O–H groups in total. The minimum atomic E-state index is -3.49. The van der Waals surface area contributed by atoms with Gasteiger partial charge in [0.15, 0.2) is 0 Å². The number of hydrogen-bond acceptors (Lipinski definition) is 2. The summed E-state index contributed by atoms with van der Waals surface area (Å²) in [4.78, 5) is 0. The summed E-state index contributed by atoms with van der Waals surface area (Å²) >= 11 is 0. The van der Waals surface area contributed by atoms with E-state index < -0.39 is 10.0 Å². The third-order valence-corrected chi connectivity index (χ3v) is 3.64. The van der Waals surface area contributed by atoms with Gasteiger partial charge in [0.2, 0.25) is 0 Å². The molecular weight excluding hydrogens is 258 g/mol. The summed E-state index contributed by atoms with van der Waals surface area (Å²) in [5.74, 6) is 0. The largest absolute Gasteiger partial charge is 0.280 e. The van der Waals surface area contributed by atoms with E-state index in [1.165, 1.54) is 5.41 Å². The van der Waals surface area contributed by atoms with Crippen LogP contribution in [0, 0.1) is 6.92 Å². The second-order valence-corrected chi connectivity index (χ2v) is 5.74. The number of hydrogen-bond donors (Lipinski definition) is 1. The molecule has 0 amide bonds. The second-order valence-electron chi connectivity index (χ2n) is 4.18. The normalized spacial score (nSPS) is 11.6. The molecule has 0 aliphatic heterocycles. The summed E-state index contributed by atoms with van der Waals surface area (Å²) < 4.78 is 26.4. The molecule has 0 radical (unpaired) electrons. The Morgan fingerprint density at radius 3 is 2.26 bits per heavy atom. The van der Waals surface area contributed by atoms with Crippen LogP contribution in [0.3, 0.4) is 0 Å². The molecule has 0 aliphatic carbocycles. The molecular formula is C15H15NO2S. The van der Waals surface area contributed by atoms with Gasteiger partial charge in [0.25, 0.3) is 10.0 Å². The number of aryl methyl sites for hydroxylation is 1. The van der Waals surface area contributed by atoms with Gasteiger partial charge in [-0.15, -0.1) is 0 Å². The van der Waals surface area contributed by atoms with E-state index in [1.807, 2.05) is 49.4 Å². The Hall–Kier alpha value is -2.07. The number of nitrogens with one attached hydrogen (secondary N) is 1. The lowest BCUT2D eigenvalue weighted by Crippen LogP contribution is -2.09. The molecule has 2 rings (SSSR count). The highest BCUT2D eigenvalue weighted by atomic mass is 32.2. The molecule has 0 atom stereocenters. The maximum Gasteiger partial charge on any atom is 0.255 e. The number of rotatable bonds is 4. The molecule has 0 fully saturated rings. The van der Waals surface area contributed by atoms with Crippen molar-refractivity contribution in [1.82, 2.24) is 0 Å². The molecule has 0 saturated carbocycles. The lowest BCUT2D eigenvalue weighted by atomic mass is 10.2. The predicted octanol–water partition coefficient (Wildman–Crippen LogP) is 3.41. The molecule has 98 valence electrons. The topological polar surface area (TPSA) is 46.2 Å². The molecule has 0 heterocycles. The average Bonchev–Trinajstić information content (AvgIpc) is 2.40. The summed E-state index contributed by atoms with van der Waals surface area (Å²) in [5, 5.41) is 1.18. The van der Waals surface area contributed by atoms with Gasteiger partial charge in [-0.2, -0.15) is 0 Å². The summed E-state index contributed by atoms with van der Waals surface area (Å²) in [5.41, 5.74) is 2.33. The smallest absolute Gasteiger partial charge is 0.255 e. The van der Waals surface area contributed by atoms with Crippen LogP contribution in [0.1, 0.15) is 11.1 Å². The van der Waals surface area contributed by atoms with Crippen molar-refractivity contribution in [3.8, 4) is 0 Å². The Morgan fingerprint density at radius 2 is 1.58 bits per heavy atom. The maximum atomic E-state index is 11.9. The molecule has 2 aromatic rings. The lowest BCUT2D eigenvalue weighted by Gasteiger charge is -2.07. The van der Waals surface area contributed by atoms with Gasteiger partial charge in [-0.3, -0.25) is 4.72 Å². The van der Waals surface area contributed by atoms with Crippen LogP contribution < -0.4 is 4.72 Å². The average molecular weight is 273 g/mol. The molecule has 0 spiro atoms. The predicted molar refractivity (Wildman–Crippen MR) is 79.2 cm³/mol. The molecule has 0 aromatic heterocycles. The maximum absolute atomic E-state index is 11.9. The van der Waals surface area contributed by atoms with Crippen molar-refractivity contribution in [1.29, 1.82) is 0 Å². The van der Waals surface area contributed by atoms with Crippen LogP contribution in [0.25, 0.3) is 6.08 Å². The van der Waals surface area contributed by atoms with Crippen LogP contribution >= 0.6 is 0 Å². The fraction of sp³-hybridized carbons (Fsp3) is 0.0667. The third-order valence-electron chi connectivity index (χ3n) is 2.64. The van der Waals surface area contributed by atoms with E-state index in [2.05, 4.69) is 4.72 Å². The van der Waals surface area contributed by atoms with Gasteiger partial charge in [0.05, 0.1) is 11.1 Å². The van der Waals surface area contributed by atoms with Crippen LogP contribution in [0.15, 0.2) is 60.0 Å². The number of sulfonamides is 1. The Kier molecular flexibility index (Phi) is 4.02. The zero-order valence-corrected chi connectivity index (χ0v) is 11.4. The lowest BCUT2D eigenvalue weighted by molar-refractivity contribution is 0.609. The highest BCUT2D eigenvalue weighted by Gasteiger charge is 2.06. The van der Waals surface area contributed by atoms with E-state index in [9.17, 15) is 8.42 Å². The molecule has 0 bridgehead atoms. The van der Waals surface area contributed by atoms with Crippen LogP contribution in [-0.2, 0) is 10.0 Å². The Balaban J connectivity index is 2.16. The molecule has 19 heavy (non-hydrogen) atoms. The zero-order valence-electron chi connectivity index (χ0n) is 10.6. The first-order valence-corrected chi connectivity index (χ1v) is 7.43. The monoisotopic (exact) mass is 273 g/mol. The van der Waals surface area contributed by atoms with E-state index in [-0.39, 0.29) is 0 Å². The SMILES string of the molecule is Cc1ccccc1NS(=O)(=O)C=Cc1ccccc1. The quantitative estimate of drug-likeness (QED) is 0.928. The summed E-state index contributed by atoms with van der Waals surface area (Å²) in [6.45, 7) is 1.86. The molecule has 0 saturated heterocycles. The molecule has 0 aliphatic rings. The van der Waals surface area contributed by atoms with Gasteiger partial charge in [-0.1, -0.05) is 48.5 Å². The van der Waals surface area contributed by atoms with E-state index >= 15 is 0 Å². The van der Waals surface area contributed by atoms with Crippen molar-refractivity contribution in [2.45, 2.75) is 6.92 Å². The van der Waals surface area contributed by atoms with Crippen LogP contribution in [-0.4, -0.2) is 8.42 Å². The van der Waals surface area contributed by atoms with Crippen molar-refractivity contribution in [2.75, 3.05) is 4.72 Å². The molecule has 0 unspecified atom stereocenters. The van der Waals surface area contributed by atoms with Crippen molar-refractivity contribution in [3.63, 3.8) is 0 Å². The highest BCUT2D eigenvalue weighted by Crippen LogP contribution is 2.15. The first-order chi connectivity index (χ1) is 9.07. The first kappa shape index (κ1) is 13.4. The molecule has 3 nitrogen and oxygen atoms in total. The number of anilines is 1. The van der Waals surface area contributed by atoms with Gasteiger partial charge in [0.1, 0.15) is 0 Å². The first-order valence-electron chi connectivity index (χ1n) is 5.88. The number of para-hydroxylation sites is 1. The highest BCUT2D eigenvalue weighted by molar-refractivity contribution is 7.95. The van der Waals surface area contributed by atoms with Crippen molar-refractivity contribution in [2.24, 2.45) is 0 Å². The zero-order chi connectivity index (χ0) is 13.7. The number of benzene rings is 2. The summed E-state index contributed by atoms with van der Waals surface area (Å²) in [6, 6.07) is 16.6. The van der Waals surface area contributed by atoms with Gasteiger partial charge >= 0.3 is 0 Å². The summed E-state index contributed by atoms with van der Waals surface area (Å²) in [6.07, 6.45) is 1.57. The van der Waals surface area contributed by atoms with E-state index in [4.69, 9.17) is 0 Å². The van der Waals surface area contributed by atoms with Crippen LogP contribution in [0.5, 0.6) is 0 Å². The Bertz CT molecular complexity index is 676. The van der Waals surface area contributed by atoms with E-state index in [0.29, 0.717) is 5.69 Å². The van der Waals surface area contributed by atoms with Crippen LogP contribution in [0.2, 0.25) is 0 Å². The standard InChI is InChI=1S/C15H15NO2S/c1-13-7-5-6-10-15(13)16-19(17,18)12-11-14-8-3-2-4-9-14/h2-12,16H,1H3. The van der Waals surface area contributed by atoms with Gasteiger partial charge in [-0.25, -0.2) is 8.42 Å². The minimum Gasteiger partial charge on any atom is -0.280 e. The third kappa shape index (κ3) is 3.96. The van der Waals surface area contributed by atoms with E-state index in [0.717, 1.165) is 11.1 Å². The van der Waals surface area contributed by atoms with Gasteiger partial charge < -0.3 is 0 Å². The summed E-state index contributed by atoms with van der Waals surface area (Å²) in [7, 11) is -3.49. The fourth-order valence-corrected chi connectivity index (χ4v) is 2.55. The minimum absolute atomic E-state index is 0.597. The van der Waals surface area contributed by atoms with Crippen molar-refractivity contribution < 1.29 is 8.42 Å².